The Labute approximate surface area is 126 Å². The van der Waals surface area contributed by atoms with Gasteiger partial charge in [0.25, 0.3) is 0 Å². The van der Waals surface area contributed by atoms with E-state index in [0.717, 1.165) is 51.9 Å². The molecule has 2 aliphatic heterocycles. The van der Waals surface area contributed by atoms with E-state index in [0.29, 0.717) is 31.5 Å². The minimum absolute atomic E-state index is 0.168. The molecule has 0 bridgehead atoms. The van der Waals surface area contributed by atoms with Crippen LogP contribution in [0.2, 0.25) is 0 Å². The van der Waals surface area contributed by atoms with Crippen LogP contribution in [0.25, 0.3) is 0 Å². The Hall–Kier alpha value is -1.14. The predicted octanol–water partition coefficient (Wildman–Crippen LogP) is 0.259. The zero-order valence-electron chi connectivity index (χ0n) is 12.7. The summed E-state index contributed by atoms with van der Waals surface area (Å²) < 4.78 is 5.77. The molecule has 2 amide bonds. The summed E-state index contributed by atoms with van der Waals surface area (Å²) in [5.41, 5.74) is 5.21. The Balaban J connectivity index is 1.59. The maximum atomic E-state index is 12.1. The van der Waals surface area contributed by atoms with E-state index in [9.17, 15) is 9.59 Å². The molecule has 0 atom stereocenters. The summed E-state index contributed by atoms with van der Waals surface area (Å²) in [7, 11) is 0. The largest absolute Gasteiger partial charge is 0.378 e. The van der Waals surface area contributed by atoms with Crippen LogP contribution in [0.3, 0.4) is 0 Å². The monoisotopic (exact) mass is 297 g/mol. The number of primary amides is 1. The molecule has 0 aromatic carbocycles. The maximum Gasteiger partial charge on any atom is 0.224 e. The molecule has 6 nitrogen and oxygen atoms in total. The van der Waals surface area contributed by atoms with Gasteiger partial charge in [-0.15, -0.1) is 0 Å². The second-order valence-corrected chi connectivity index (χ2v) is 6.06. The SMILES string of the molecule is NC(=O)CC1CCN(C(=O)CCOC2CCNCC2)CC1. The molecule has 2 saturated heterocycles. The lowest BCUT2D eigenvalue weighted by Crippen LogP contribution is -2.40. The van der Waals surface area contributed by atoms with Gasteiger partial charge in [0.05, 0.1) is 19.1 Å². The molecule has 0 radical (unpaired) electrons. The van der Waals surface area contributed by atoms with Gasteiger partial charge in [-0.05, 0) is 44.7 Å². The highest BCUT2D eigenvalue weighted by Crippen LogP contribution is 2.20. The van der Waals surface area contributed by atoms with Crippen molar-refractivity contribution < 1.29 is 14.3 Å². The zero-order valence-corrected chi connectivity index (χ0v) is 12.7. The van der Waals surface area contributed by atoms with Crippen molar-refractivity contribution in [2.24, 2.45) is 11.7 Å². The highest BCUT2D eigenvalue weighted by Gasteiger charge is 2.23. The molecule has 0 saturated carbocycles. The minimum atomic E-state index is -0.241. The van der Waals surface area contributed by atoms with Gasteiger partial charge >= 0.3 is 0 Å². The molecule has 6 heteroatoms. The highest BCUT2D eigenvalue weighted by molar-refractivity contribution is 5.76. The minimum Gasteiger partial charge on any atom is -0.378 e. The molecule has 2 fully saturated rings. The van der Waals surface area contributed by atoms with Crippen LogP contribution in [0.5, 0.6) is 0 Å². The number of ether oxygens (including phenoxy) is 1. The van der Waals surface area contributed by atoms with Gasteiger partial charge in [-0.3, -0.25) is 9.59 Å². The average molecular weight is 297 g/mol. The quantitative estimate of drug-likeness (QED) is 0.736. The van der Waals surface area contributed by atoms with E-state index >= 15 is 0 Å². The Morgan fingerprint density at radius 1 is 1.14 bits per heavy atom. The molecule has 2 aliphatic rings. The van der Waals surface area contributed by atoms with Crippen molar-refractivity contribution in [2.45, 2.75) is 44.6 Å². The van der Waals surface area contributed by atoms with E-state index in [4.69, 9.17) is 10.5 Å². The first-order chi connectivity index (χ1) is 10.1. The smallest absolute Gasteiger partial charge is 0.224 e. The summed E-state index contributed by atoms with van der Waals surface area (Å²) in [6.07, 6.45) is 5.04. The lowest BCUT2D eigenvalue weighted by molar-refractivity contribution is -0.134. The number of nitrogens with one attached hydrogen (secondary N) is 1. The molecular weight excluding hydrogens is 270 g/mol. The van der Waals surface area contributed by atoms with Crippen molar-refractivity contribution in [3.63, 3.8) is 0 Å². The molecule has 2 heterocycles. The Morgan fingerprint density at radius 3 is 2.43 bits per heavy atom. The van der Waals surface area contributed by atoms with Crippen LogP contribution in [-0.2, 0) is 14.3 Å². The Morgan fingerprint density at radius 2 is 1.81 bits per heavy atom. The molecular formula is C15H27N3O3. The van der Waals surface area contributed by atoms with Crippen molar-refractivity contribution in [1.29, 1.82) is 0 Å². The number of carbonyl (C=O) groups excluding carboxylic acids is 2. The van der Waals surface area contributed by atoms with Gasteiger partial charge in [-0.1, -0.05) is 0 Å². The Kier molecular flexibility index (Phi) is 6.45. The molecule has 0 aromatic heterocycles. The summed E-state index contributed by atoms with van der Waals surface area (Å²) in [4.78, 5) is 24.9. The van der Waals surface area contributed by atoms with Crippen LogP contribution >= 0.6 is 0 Å². The first-order valence-corrected chi connectivity index (χ1v) is 8.03. The Bertz CT molecular complexity index is 348. The number of carbonyl (C=O) groups is 2. The normalized spacial score (nSPS) is 21.4. The number of piperidine rings is 2. The zero-order chi connectivity index (χ0) is 15.1. The fourth-order valence-corrected chi connectivity index (χ4v) is 3.10. The van der Waals surface area contributed by atoms with E-state index in [1.54, 1.807) is 0 Å². The van der Waals surface area contributed by atoms with Crippen LogP contribution in [0.15, 0.2) is 0 Å². The number of hydrogen-bond donors (Lipinski definition) is 2. The van der Waals surface area contributed by atoms with Crippen molar-refractivity contribution in [2.75, 3.05) is 32.8 Å². The number of rotatable bonds is 6. The molecule has 3 N–H and O–H groups in total. The summed E-state index contributed by atoms with van der Waals surface area (Å²) in [6.45, 7) is 4.01. The van der Waals surface area contributed by atoms with Crippen molar-refractivity contribution in [3.8, 4) is 0 Å². The fraction of sp³-hybridized carbons (Fsp3) is 0.867. The van der Waals surface area contributed by atoms with E-state index in [1.807, 2.05) is 4.90 Å². The second-order valence-electron chi connectivity index (χ2n) is 6.06. The first-order valence-electron chi connectivity index (χ1n) is 8.03. The fourth-order valence-electron chi connectivity index (χ4n) is 3.10. The van der Waals surface area contributed by atoms with E-state index in [-0.39, 0.29) is 11.8 Å². The lowest BCUT2D eigenvalue weighted by Gasteiger charge is -2.31. The lowest BCUT2D eigenvalue weighted by atomic mass is 9.93. The number of nitrogens with zero attached hydrogens (tertiary/aromatic N) is 1. The predicted molar refractivity (Wildman–Crippen MR) is 79.6 cm³/mol. The molecule has 0 aromatic rings. The molecule has 21 heavy (non-hydrogen) atoms. The number of likely N-dealkylation sites (tertiary alicyclic amines) is 1. The third-order valence-corrected chi connectivity index (χ3v) is 4.41. The van der Waals surface area contributed by atoms with Crippen LogP contribution in [0, 0.1) is 5.92 Å². The number of amides is 2. The van der Waals surface area contributed by atoms with Crippen LogP contribution in [-0.4, -0.2) is 55.6 Å². The summed E-state index contributed by atoms with van der Waals surface area (Å²) in [5.74, 6) is 0.272. The van der Waals surface area contributed by atoms with Crippen molar-refractivity contribution >= 4 is 11.8 Å². The average Bonchev–Trinajstić information content (AvgIpc) is 2.48. The molecule has 0 unspecified atom stereocenters. The van der Waals surface area contributed by atoms with Gasteiger partial charge in [-0.2, -0.15) is 0 Å². The molecule has 120 valence electrons. The van der Waals surface area contributed by atoms with Gasteiger partial charge < -0.3 is 20.7 Å². The number of nitrogens with two attached hydrogens (primary N) is 1. The van der Waals surface area contributed by atoms with Gasteiger partial charge in [0, 0.05) is 19.5 Å². The van der Waals surface area contributed by atoms with Gasteiger partial charge in [-0.25, -0.2) is 0 Å². The van der Waals surface area contributed by atoms with Gasteiger partial charge in [0.1, 0.15) is 0 Å². The van der Waals surface area contributed by atoms with Crippen LogP contribution in [0.4, 0.5) is 0 Å². The standard InChI is InChI=1S/C15H27N3O3/c16-14(19)11-12-3-8-18(9-4-12)15(20)5-10-21-13-1-6-17-7-2-13/h12-13,17H,1-11H2,(H2,16,19). The van der Waals surface area contributed by atoms with E-state index in [2.05, 4.69) is 5.32 Å². The van der Waals surface area contributed by atoms with Gasteiger partial charge in [0.15, 0.2) is 0 Å². The summed E-state index contributed by atoms with van der Waals surface area (Å²) in [5, 5.41) is 3.30. The third-order valence-electron chi connectivity index (χ3n) is 4.41. The second kappa shape index (κ2) is 8.34. The van der Waals surface area contributed by atoms with Gasteiger partial charge in [0.2, 0.25) is 11.8 Å². The van der Waals surface area contributed by atoms with Crippen molar-refractivity contribution in [1.82, 2.24) is 10.2 Å². The van der Waals surface area contributed by atoms with E-state index < -0.39 is 0 Å². The van der Waals surface area contributed by atoms with Crippen LogP contribution < -0.4 is 11.1 Å². The molecule has 2 rings (SSSR count). The summed E-state index contributed by atoms with van der Waals surface area (Å²) >= 11 is 0. The van der Waals surface area contributed by atoms with Crippen molar-refractivity contribution in [3.05, 3.63) is 0 Å². The topological polar surface area (TPSA) is 84.7 Å². The first kappa shape index (κ1) is 16.2. The number of hydrogen-bond acceptors (Lipinski definition) is 4. The summed E-state index contributed by atoms with van der Waals surface area (Å²) in [6, 6.07) is 0. The van der Waals surface area contributed by atoms with Crippen LogP contribution in [0.1, 0.15) is 38.5 Å². The molecule has 0 spiro atoms. The third kappa shape index (κ3) is 5.63. The van der Waals surface area contributed by atoms with E-state index in [1.165, 1.54) is 0 Å². The maximum absolute atomic E-state index is 12.1. The highest BCUT2D eigenvalue weighted by atomic mass is 16.5. The molecule has 0 aliphatic carbocycles.